The molecule has 2 aromatic rings. The van der Waals surface area contributed by atoms with E-state index >= 15 is 0 Å². The number of carbonyl (C=O) groups is 2. The number of hydrogen-bond donors (Lipinski definition) is 2. The number of benzene rings is 2. The van der Waals surface area contributed by atoms with Crippen molar-refractivity contribution < 1.29 is 9.59 Å². The van der Waals surface area contributed by atoms with Crippen LogP contribution >= 0.6 is 11.6 Å². The third kappa shape index (κ3) is 4.84. The zero-order chi connectivity index (χ0) is 18.4. The fourth-order valence-corrected chi connectivity index (χ4v) is 3.26. The summed E-state index contributed by atoms with van der Waals surface area (Å²) in [5.41, 5.74) is 2.44. The number of hydrogen-bond acceptors (Lipinski definition) is 3. The summed E-state index contributed by atoms with van der Waals surface area (Å²) in [6.07, 6.45) is 0.809. The Bertz CT molecular complexity index is 794. The maximum Gasteiger partial charge on any atom is 0.251 e. The molecule has 136 valence electrons. The summed E-state index contributed by atoms with van der Waals surface area (Å²) in [5.74, 6) is -0.0352. The van der Waals surface area contributed by atoms with E-state index in [0.29, 0.717) is 30.2 Å². The first-order chi connectivity index (χ1) is 12.6. The van der Waals surface area contributed by atoms with Crippen molar-refractivity contribution in [3.63, 3.8) is 0 Å². The molecule has 0 atom stereocenters. The number of rotatable bonds is 6. The van der Waals surface area contributed by atoms with Crippen molar-refractivity contribution in [3.8, 4) is 11.1 Å². The Kier molecular flexibility index (Phi) is 6.26. The highest BCUT2D eigenvalue weighted by Crippen LogP contribution is 2.27. The number of piperazine rings is 1. The van der Waals surface area contributed by atoms with Crippen molar-refractivity contribution in [1.29, 1.82) is 0 Å². The molecule has 1 heterocycles. The van der Waals surface area contributed by atoms with Crippen molar-refractivity contribution in [2.24, 2.45) is 0 Å². The summed E-state index contributed by atoms with van der Waals surface area (Å²) in [7, 11) is 0. The average molecular weight is 372 g/mol. The molecule has 1 fully saturated rings. The molecule has 0 saturated carbocycles. The van der Waals surface area contributed by atoms with E-state index < -0.39 is 0 Å². The van der Waals surface area contributed by atoms with Gasteiger partial charge in [-0.1, -0.05) is 41.9 Å². The van der Waals surface area contributed by atoms with E-state index in [9.17, 15) is 9.59 Å². The Labute approximate surface area is 158 Å². The minimum Gasteiger partial charge on any atom is -0.354 e. The molecule has 6 heteroatoms. The van der Waals surface area contributed by atoms with Crippen LogP contribution in [-0.2, 0) is 4.79 Å². The molecule has 3 rings (SSSR count). The van der Waals surface area contributed by atoms with Crippen LogP contribution in [0.2, 0.25) is 5.02 Å². The molecule has 26 heavy (non-hydrogen) atoms. The molecule has 0 unspecified atom stereocenters. The highest BCUT2D eigenvalue weighted by molar-refractivity contribution is 6.33. The Morgan fingerprint density at radius 1 is 1.19 bits per heavy atom. The summed E-state index contributed by atoms with van der Waals surface area (Å²) in [4.78, 5) is 25.8. The molecule has 2 N–H and O–H groups in total. The third-order valence-corrected chi connectivity index (χ3v) is 4.69. The van der Waals surface area contributed by atoms with Crippen LogP contribution in [0.3, 0.4) is 0 Å². The van der Waals surface area contributed by atoms with Gasteiger partial charge in [-0.3, -0.25) is 14.5 Å². The van der Waals surface area contributed by atoms with Crippen LogP contribution in [-0.4, -0.2) is 49.4 Å². The Morgan fingerprint density at radius 3 is 2.85 bits per heavy atom. The number of nitrogens with zero attached hydrogens (tertiary/aromatic N) is 1. The Morgan fingerprint density at radius 2 is 2.04 bits per heavy atom. The highest BCUT2D eigenvalue weighted by Gasteiger charge is 2.15. The van der Waals surface area contributed by atoms with Gasteiger partial charge in [0.1, 0.15) is 0 Å². The summed E-state index contributed by atoms with van der Waals surface area (Å²) >= 11 is 6.24. The first-order valence-corrected chi connectivity index (χ1v) is 9.13. The fourth-order valence-electron chi connectivity index (χ4n) is 3.01. The van der Waals surface area contributed by atoms with Crippen LogP contribution in [0.25, 0.3) is 11.1 Å². The standard InChI is InChI=1S/C20H22ClN3O2/c21-18-8-2-1-7-17(18)15-5-3-6-16(13-15)20(26)23-9-4-11-24-12-10-22-19(25)14-24/h1-3,5-8,13H,4,9-12,14H2,(H,22,25)(H,23,26). The second-order valence-corrected chi connectivity index (χ2v) is 6.70. The molecule has 0 aliphatic carbocycles. The highest BCUT2D eigenvalue weighted by atomic mass is 35.5. The average Bonchev–Trinajstić information content (AvgIpc) is 2.65. The first kappa shape index (κ1) is 18.4. The van der Waals surface area contributed by atoms with Gasteiger partial charge >= 0.3 is 0 Å². The Hall–Kier alpha value is -2.37. The van der Waals surface area contributed by atoms with Crippen LogP contribution in [0.1, 0.15) is 16.8 Å². The lowest BCUT2D eigenvalue weighted by molar-refractivity contribution is -0.124. The second-order valence-electron chi connectivity index (χ2n) is 6.30. The maximum atomic E-state index is 12.4. The van der Waals surface area contributed by atoms with E-state index in [4.69, 9.17) is 11.6 Å². The van der Waals surface area contributed by atoms with Gasteiger partial charge < -0.3 is 10.6 Å². The van der Waals surface area contributed by atoms with E-state index in [1.54, 1.807) is 6.07 Å². The van der Waals surface area contributed by atoms with Crippen LogP contribution in [0.15, 0.2) is 48.5 Å². The first-order valence-electron chi connectivity index (χ1n) is 8.76. The minimum atomic E-state index is -0.102. The monoisotopic (exact) mass is 371 g/mol. The van der Waals surface area contributed by atoms with Gasteiger partial charge in [-0.05, 0) is 30.2 Å². The van der Waals surface area contributed by atoms with Crippen LogP contribution < -0.4 is 10.6 Å². The number of carbonyl (C=O) groups excluding carboxylic acids is 2. The maximum absolute atomic E-state index is 12.4. The van der Waals surface area contributed by atoms with Crippen molar-refractivity contribution in [2.75, 3.05) is 32.7 Å². The molecule has 1 aliphatic rings. The molecule has 0 spiro atoms. The van der Waals surface area contributed by atoms with Crippen molar-refractivity contribution in [1.82, 2.24) is 15.5 Å². The fraction of sp³-hybridized carbons (Fsp3) is 0.300. The topological polar surface area (TPSA) is 61.4 Å². The lowest BCUT2D eigenvalue weighted by Crippen LogP contribution is -2.48. The summed E-state index contributed by atoms with van der Waals surface area (Å²) in [5, 5.41) is 6.41. The normalized spacial score (nSPS) is 14.7. The van der Waals surface area contributed by atoms with E-state index in [1.165, 1.54) is 0 Å². The third-order valence-electron chi connectivity index (χ3n) is 4.36. The zero-order valence-electron chi connectivity index (χ0n) is 14.5. The molecule has 1 saturated heterocycles. The SMILES string of the molecule is O=C1CN(CCCNC(=O)c2cccc(-c3ccccc3Cl)c2)CCN1. The molecule has 0 radical (unpaired) electrons. The minimum absolute atomic E-state index is 0.0664. The van der Waals surface area contributed by atoms with Gasteiger partial charge in [0, 0.05) is 42.3 Å². The smallest absolute Gasteiger partial charge is 0.251 e. The molecule has 1 aliphatic heterocycles. The predicted molar refractivity (Wildman–Crippen MR) is 103 cm³/mol. The summed E-state index contributed by atoms with van der Waals surface area (Å²) in [6, 6.07) is 15.0. The van der Waals surface area contributed by atoms with Crippen LogP contribution in [0.5, 0.6) is 0 Å². The lowest BCUT2D eigenvalue weighted by atomic mass is 10.0. The zero-order valence-corrected chi connectivity index (χ0v) is 15.3. The summed E-state index contributed by atoms with van der Waals surface area (Å²) in [6.45, 7) is 3.37. The van der Waals surface area contributed by atoms with Gasteiger partial charge in [0.2, 0.25) is 5.91 Å². The van der Waals surface area contributed by atoms with Crippen molar-refractivity contribution >= 4 is 23.4 Å². The molecule has 5 nitrogen and oxygen atoms in total. The molecule has 2 amide bonds. The van der Waals surface area contributed by atoms with Gasteiger partial charge in [0.25, 0.3) is 5.91 Å². The molecular formula is C20H22ClN3O2. The van der Waals surface area contributed by atoms with E-state index in [-0.39, 0.29) is 11.8 Å². The largest absolute Gasteiger partial charge is 0.354 e. The van der Waals surface area contributed by atoms with Crippen LogP contribution in [0, 0.1) is 0 Å². The van der Waals surface area contributed by atoms with Crippen LogP contribution in [0.4, 0.5) is 0 Å². The lowest BCUT2D eigenvalue weighted by Gasteiger charge is -2.26. The molecular weight excluding hydrogens is 350 g/mol. The van der Waals surface area contributed by atoms with Gasteiger partial charge in [-0.25, -0.2) is 0 Å². The van der Waals surface area contributed by atoms with Gasteiger partial charge in [0.15, 0.2) is 0 Å². The van der Waals surface area contributed by atoms with Gasteiger partial charge in [0.05, 0.1) is 6.54 Å². The summed E-state index contributed by atoms with van der Waals surface area (Å²) < 4.78 is 0. The van der Waals surface area contributed by atoms with E-state index in [1.807, 2.05) is 42.5 Å². The molecule has 0 bridgehead atoms. The molecule has 2 aromatic carbocycles. The van der Waals surface area contributed by atoms with Gasteiger partial charge in [-0.15, -0.1) is 0 Å². The Balaban J connectivity index is 1.53. The molecule has 0 aromatic heterocycles. The number of nitrogens with one attached hydrogen (secondary N) is 2. The second kappa shape index (κ2) is 8.83. The van der Waals surface area contributed by atoms with Crippen molar-refractivity contribution in [3.05, 3.63) is 59.1 Å². The van der Waals surface area contributed by atoms with E-state index in [2.05, 4.69) is 15.5 Å². The van der Waals surface area contributed by atoms with E-state index in [0.717, 1.165) is 30.6 Å². The predicted octanol–water partition coefficient (Wildman–Crippen LogP) is 2.56. The van der Waals surface area contributed by atoms with Crippen molar-refractivity contribution in [2.45, 2.75) is 6.42 Å². The number of amides is 2. The quantitative estimate of drug-likeness (QED) is 0.767. The number of halogens is 1. The van der Waals surface area contributed by atoms with Gasteiger partial charge in [-0.2, -0.15) is 0 Å².